The number of nitrogens with one attached hydrogen (secondary N) is 4. The summed E-state index contributed by atoms with van der Waals surface area (Å²) in [4.78, 5) is 34.4. The molecule has 0 fully saturated rings. The lowest BCUT2D eigenvalue weighted by atomic mass is 10.1. The zero-order valence-corrected chi connectivity index (χ0v) is 20.3. The number of carbonyl (C=O) groups is 2. The highest BCUT2D eigenvalue weighted by Gasteiger charge is 2.34. The maximum Gasteiger partial charge on any atom is 0.573 e. The van der Waals surface area contributed by atoms with Gasteiger partial charge >= 0.3 is 6.36 Å². The molecule has 16 heteroatoms. The number of alkyl halides is 3. The predicted molar refractivity (Wildman–Crippen MR) is 130 cm³/mol. The summed E-state index contributed by atoms with van der Waals surface area (Å²) in [6.07, 6.45) is -2.88. The van der Waals surface area contributed by atoms with Crippen LogP contribution in [0.2, 0.25) is 0 Å². The molecule has 12 nitrogen and oxygen atoms in total. The third-order valence-corrected chi connectivity index (χ3v) is 6.82. The number of benzene rings is 2. The molecule has 0 radical (unpaired) electrons. The van der Waals surface area contributed by atoms with Crippen LogP contribution in [-0.4, -0.2) is 48.2 Å². The molecule has 2 amide bonds. The Labute approximate surface area is 217 Å². The van der Waals surface area contributed by atoms with E-state index < -0.39 is 32.9 Å². The largest absolute Gasteiger partial charge is 0.573 e. The minimum absolute atomic E-state index is 0.00147. The number of anilines is 2. The molecule has 4 aromatic rings. The highest BCUT2D eigenvalue weighted by molar-refractivity contribution is 7.92. The van der Waals surface area contributed by atoms with Gasteiger partial charge in [0.05, 0.1) is 16.9 Å². The van der Waals surface area contributed by atoms with Crippen LogP contribution in [0.1, 0.15) is 16.1 Å². The lowest BCUT2D eigenvalue weighted by molar-refractivity contribution is -0.275. The molecular formula is C23H17F3N6O6S. The molecule has 1 aliphatic heterocycles. The Morgan fingerprint density at radius 2 is 1.95 bits per heavy atom. The van der Waals surface area contributed by atoms with Crippen LogP contribution in [0.3, 0.4) is 0 Å². The van der Waals surface area contributed by atoms with Crippen LogP contribution < -0.4 is 24.8 Å². The van der Waals surface area contributed by atoms with Gasteiger partial charge in [-0.15, -0.1) is 13.2 Å². The van der Waals surface area contributed by atoms with Crippen molar-refractivity contribution in [2.24, 2.45) is 0 Å². The number of sulfonamides is 1. The van der Waals surface area contributed by atoms with Crippen molar-refractivity contribution in [2.45, 2.75) is 17.8 Å². The molecule has 0 spiro atoms. The summed E-state index contributed by atoms with van der Waals surface area (Å²) in [6, 6.07) is 9.24. The highest BCUT2D eigenvalue weighted by Crippen LogP contribution is 2.32. The van der Waals surface area contributed by atoms with E-state index in [2.05, 4.69) is 35.0 Å². The molecule has 0 unspecified atom stereocenters. The quantitative estimate of drug-likeness (QED) is 0.267. The first kappa shape index (κ1) is 25.8. The van der Waals surface area contributed by atoms with Gasteiger partial charge < -0.3 is 25.1 Å². The fourth-order valence-corrected chi connectivity index (χ4v) is 4.96. The van der Waals surface area contributed by atoms with Crippen LogP contribution >= 0.6 is 0 Å². The van der Waals surface area contributed by atoms with E-state index in [4.69, 9.17) is 4.74 Å². The van der Waals surface area contributed by atoms with Crippen LogP contribution in [-0.2, 0) is 21.4 Å². The number of hydrogen-bond acceptors (Lipinski definition) is 8. The minimum Gasteiger partial charge on any atom is -0.482 e. The predicted octanol–water partition coefficient (Wildman–Crippen LogP) is 2.92. The molecule has 5 rings (SSSR count). The van der Waals surface area contributed by atoms with Crippen molar-refractivity contribution in [3.8, 4) is 11.5 Å². The van der Waals surface area contributed by atoms with E-state index in [9.17, 15) is 31.2 Å². The van der Waals surface area contributed by atoms with Crippen LogP contribution in [0.25, 0.3) is 11.0 Å². The summed E-state index contributed by atoms with van der Waals surface area (Å²) in [5.74, 6) is -1.35. The summed E-state index contributed by atoms with van der Waals surface area (Å²) >= 11 is 0. The lowest BCUT2D eigenvalue weighted by Crippen LogP contribution is -2.26. The number of H-pyrrole nitrogens is 1. The Morgan fingerprint density at radius 1 is 1.15 bits per heavy atom. The number of rotatable bonds is 7. The fourth-order valence-electron chi connectivity index (χ4n) is 3.78. The van der Waals surface area contributed by atoms with Crippen molar-refractivity contribution < 1.29 is 40.7 Å². The van der Waals surface area contributed by atoms with Gasteiger partial charge in [-0.2, -0.15) is 0 Å². The van der Waals surface area contributed by atoms with Gasteiger partial charge in [-0.05, 0) is 29.8 Å². The Bertz CT molecular complexity index is 1710. The smallest absolute Gasteiger partial charge is 0.482 e. The Balaban J connectivity index is 1.35. The van der Waals surface area contributed by atoms with Gasteiger partial charge in [0.25, 0.3) is 21.8 Å². The molecule has 2 aromatic carbocycles. The SMILES string of the molecule is O=C1COc2ccc(CNC(=O)c3ncnc4c(NS(=O)(=O)c5ccccc5OC(F)(F)F)c[nH]c34)cc2N1. The number of aromatic amines is 1. The molecule has 0 saturated heterocycles. The molecule has 3 heterocycles. The third kappa shape index (κ3) is 5.54. The standard InChI is InChI=1S/C23H17F3N6O6S/c24-23(25,26)38-16-3-1-2-4-17(16)39(35,36)32-14-9-27-20-19(14)29-11-30-21(20)22(34)28-8-12-5-6-15-13(7-12)31-18(33)10-37-15/h1-7,9,11,27,32H,8,10H2,(H,28,34)(H,31,33). The van der Waals surface area contributed by atoms with Gasteiger partial charge in [-0.3, -0.25) is 14.3 Å². The molecular weight excluding hydrogens is 545 g/mol. The first-order valence-corrected chi connectivity index (χ1v) is 12.5. The second-order valence-corrected chi connectivity index (χ2v) is 9.75. The van der Waals surface area contributed by atoms with Gasteiger partial charge in [0.2, 0.25) is 0 Å². The maximum absolute atomic E-state index is 12.9. The van der Waals surface area contributed by atoms with Crippen molar-refractivity contribution in [1.29, 1.82) is 0 Å². The number of ether oxygens (including phenoxy) is 2. The summed E-state index contributed by atoms with van der Waals surface area (Å²) in [7, 11) is -4.56. The Hall–Kier alpha value is -4.86. The molecule has 4 N–H and O–H groups in total. The van der Waals surface area contributed by atoms with Gasteiger partial charge in [-0.1, -0.05) is 18.2 Å². The van der Waals surface area contributed by atoms with E-state index in [1.54, 1.807) is 18.2 Å². The fraction of sp³-hybridized carbons (Fsp3) is 0.130. The summed E-state index contributed by atoms with van der Waals surface area (Å²) in [5, 5.41) is 5.34. The number of hydrogen-bond donors (Lipinski definition) is 4. The first-order valence-electron chi connectivity index (χ1n) is 11.0. The van der Waals surface area contributed by atoms with E-state index in [0.717, 1.165) is 18.5 Å². The van der Waals surface area contributed by atoms with E-state index in [1.165, 1.54) is 18.3 Å². The number of amides is 2. The Kier molecular flexibility index (Phi) is 6.47. The van der Waals surface area contributed by atoms with E-state index >= 15 is 0 Å². The zero-order valence-electron chi connectivity index (χ0n) is 19.5. The van der Waals surface area contributed by atoms with Crippen molar-refractivity contribution in [2.75, 3.05) is 16.6 Å². The van der Waals surface area contributed by atoms with E-state index in [1.807, 2.05) is 0 Å². The van der Waals surface area contributed by atoms with Gasteiger partial charge in [0, 0.05) is 12.7 Å². The van der Waals surface area contributed by atoms with Crippen molar-refractivity contribution in [3.63, 3.8) is 0 Å². The van der Waals surface area contributed by atoms with Crippen LogP contribution in [0.4, 0.5) is 24.5 Å². The summed E-state index contributed by atoms with van der Waals surface area (Å²) < 4.78 is 75.4. The monoisotopic (exact) mass is 562 g/mol. The zero-order chi connectivity index (χ0) is 27.8. The Morgan fingerprint density at radius 3 is 2.74 bits per heavy atom. The average Bonchev–Trinajstić information content (AvgIpc) is 3.28. The van der Waals surface area contributed by atoms with Gasteiger partial charge in [0.15, 0.2) is 12.3 Å². The lowest BCUT2D eigenvalue weighted by Gasteiger charge is -2.18. The second-order valence-electron chi connectivity index (χ2n) is 8.10. The van der Waals surface area contributed by atoms with Gasteiger partial charge in [0.1, 0.15) is 28.2 Å². The number of nitrogens with zero attached hydrogens (tertiary/aromatic N) is 2. The normalized spacial score (nSPS) is 13.3. The molecule has 2 aromatic heterocycles. The van der Waals surface area contributed by atoms with Crippen LogP contribution in [0.5, 0.6) is 11.5 Å². The maximum atomic E-state index is 12.9. The molecule has 0 bridgehead atoms. The van der Waals surface area contributed by atoms with E-state index in [0.29, 0.717) is 17.0 Å². The minimum atomic E-state index is -5.11. The highest BCUT2D eigenvalue weighted by atomic mass is 32.2. The summed E-state index contributed by atoms with van der Waals surface area (Å²) in [5.41, 5.74) is 0.957. The average molecular weight is 562 g/mol. The topological polar surface area (TPSA) is 164 Å². The van der Waals surface area contributed by atoms with Gasteiger partial charge in [-0.25, -0.2) is 18.4 Å². The molecule has 0 atom stereocenters. The molecule has 1 aliphatic rings. The number of aromatic nitrogens is 3. The second kappa shape index (κ2) is 9.79. The molecule has 0 saturated carbocycles. The third-order valence-electron chi connectivity index (χ3n) is 5.42. The summed E-state index contributed by atoms with van der Waals surface area (Å²) in [6.45, 7) is -0.0292. The first-order chi connectivity index (χ1) is 18.5. The van der Waals surface area contributed by atoms with Crippen LogP contribution in [0, 0.1) is 0 Å². The molecule has 39 heavy (non-hydrogen) atoms. The molecule has 0 aliphatic carbocycles. The number of para-hydroxylation sites is 1. The number of carbonyl (C=O) groups excluding carboxylic acids is 2. The molecule has 202 valence electrons. The van der Waals surface area contributed by atoms with Crippen molar-refractivity contribution in [3.05, 3.63) is 66.2 Å². The number of fused-ring (bicyclic) bond motifs is 2. The van der Waals surface area contributed by atoms with Crippen LogP contribution in [0.15, 0.2) is 59.9 Å². The van der Waals surface area contributed by atoms with Crippen molar-refractivity contribution in [1.82, 2.24) is 20.3 Å². The van der Waals surface area contributed by atoms with E-state index in [-0.39, 0.29) is 41.5 Å². The number of halogens is 3. The van der Waals surface area contributed by atoms with Crippen molar-refractivity contribution >= 4 is 44.2 Å².